The molecule has 2 aliphatic carbocycles. The zero-order chi connectivity index (χ0) is 73.1. The van der Waals surface area contributed by atoms with Gasteiger partial charge >= 0.3 is 6.18 Å². The molecule has 99 heavy (non-hydrogen) atoms. The fourth-order valence-corrected chi connectivity index (χ4v) is 15.6. The van der Waals surface area contributed by atoms with Crippen molar-refractivity contribution in [3.63, 3.8) is 0 Å². The summed E-state index contributed by atoms with van der Waals surface area (Å²) in [5.41, 5.74) is -2.35. The van der Waals surface area contributed by atoms with Crippen molar-refractivity contribution >= 4 is 76.6 Å². The number of aryl methyl sites for hydroxylation is 1. The van der Waals surface area contributed by atoms with Crippen LogP contribution in [-0.4, -0.2) is 255 Å². The summed E-state index contributed by atoms with van der Waals surface area (Å²) >= 11 is 6.15. The quantitative estimate of drug-likeness (QED) is 0.217. The molecule has 11 amide bonds. The van der Waals surface area contributed by atoms with Gasteiger partial charge in [-0.05, 0) is 107 Å². The van der Waals surface area contributed by atoms with Crippen molar-refractivity contribution in [2.75, 3.05) is 75.0 Å². The Morgan fingerprint density at radius 3 is 1.90 bits per heavy atom. The first-order chi connectivity index (χ1) is 46.7. The van der Waals surface area contributed by atoms with Crippen LogP contribution in [0.4, 0.5) is 13.2 Å². The van der Waals surface area contributed by atoms with Crippen LogP contribution in [0.15, 0.2) is 18.2 Å². The number of halogens is 4. The number of benzene rings is 1. The van der Waals surface area contributed by atoms with Gasteiger partial charge in [0.1, 0.15) is 60.1 Å². The smallest absolute Gasteiger partial charge is 0.376 e. The summed E-state index contributed by atoms with van der Waals surface area (Å²) in [5, 5.41) is 20.4. The first-order valence-corrected chi connectivity index (χ1v) is 35.9. The maximum Gasteiger partial charge on any atom is 0.417 e. The molecule has 0 bridgehead atoms. The molecule has 550 valence electrons. The molecule has 1 spiro atoms. The average molecular weight is 1410 g/mol. The standard InChI is InChI=1S/C71H106ClF3N12O12/c1-13-24-51-60(90)77-58(44(5)14-2)67(97)80(8)45(6)62(92)87-38-32-53(87)65(95)82(10)54(40-46-25-17-15-18-26-46)64(94)79(7)42-56(88)76-50(31-29-47-28-30-48(49(72)39-47)71(73,74)75)63(93)86-37-23-27-52(86)61(91)78-70(33-19-20-34-70)69(99)84(12)59(43(3)4)68(98)83(11)55(41-57(89)81(51)9)66(96)85-35-21-16-22-36-85/h1,28,30,39,43-46,50-55,58-59,66,96H,14-27,29,31-38,40-42H2,2-12H3,(H,76,88)(H,77,90)(H,78,91)/t44-,45-,50?,51-,52-,53-,54-,55-,58-,59-,66?/m0/s1. The molecule has 6 aliphatic rings. The molecular weight excluding hydrogens is 1310 g/mol. The van der Waals surface area contributed by atoms with Gasteiger partial charge in [0.15, 0.2) is 0 Å². The zero-order valence-corrected chi connectivity index (χ0v) is 60.4. The molecule has 4 saturated heterocycles. The maximum absolute atomic E-state index is 15.4. The lowest BCUT2D eigenvalue weighted by Gasteiger charge is -2.45. The van der Waals surface area contributed by atoms with Crippen LogP contribution in [-0.2, 0) is 65.3 Å². The molecule has 4 N–H and O–H groups in total. The van der Waals surface area contributed by atoms with Gasteiger partial charge in [0.2, 0.25) is 65.0 Å². The van der Waals surface area contributed by atoms with Gasteiger partial charge in [-0.2, -0.15) is 13.2 Å². The zero-order valence-electron chi connectivity index (χ0n) is 59.7. The number of alkyl halides is 3. The van der Waals surface area contributed by atoms with Gasteiger partial charge in [0, 0.05) is 74.9 Å². The minimum Gasteiger partial charge on any atom is -0.376 e. The summed E-state index contributed by atoms with van der Waals surface area (Å²) in [7, 11) is 8.52. The van der Waals surface area contributed by atoms with Crippen molar-refractivity contribution in [2.45, 2.75) is 242 Å². The largest absolute Gasteiger partial charge is 0.417 e. The van der Waals surface area contributed by atoms with Gasteiger partial charge in [-0.15, -0.1) is 12.3 Å². The first kappa shape index (κ1) is 79.3. The highest BCUT2D eigenvalue weighted by molar-refractivity contribution is 6.31. The summed E-state index contributed by atoms with van der Waals surface area (Å²) in [4.78, 5) is 176. The molecule has 28 heteroatoms. The molecule has 4 heterocycles. The summed E-state index contributed by atoms with van der Waals surface area (Å²) in [6.45, 7) is 8.96. The number of carbonyl (C=O) groups excluding carboxylic acids is 11. The number of nitrogens with one attached hydrogen (secondary N) is 3. The van der Waals surface area contributed by atoms with E-state index in [-0.39, 0.29) is 70.4 Å². The number of fused-ring (bicyclic) bond motifs is 2. The molecule has 0 radical (unpaired) electrons. The highest BCUT2D eigenvalue weighted by Gasteiger charge is 2.51. The summed E-state index contributed by atoms with van der Waals surface area (Å²) < 4.78 is 41.6. The third-order valence-corrected chi connectivity index (χ3v) is 22.3. The lowest BCUT2D eigenvalue weighted by Crippen LogP contribution is -2.65. The van der Waals surface area contributed by atoms with Crippen molar-refractivity contribution in [2.24, 2.45) is 17.8 Å². The Morgan fingerprint density at radius 2 is 1.31 bits per heavy atom. The van der Waals surface area contributed by atoms with Crippen molar-refractivity contribution in [3.8, 4) is 12.3 Å². The fraction of sp³-hybridized carbons (Fsp3) is 0.732. The number of aliphatic hydroxyl groups is 1. The van der Waals surface area contributed by atoms with Crippen molar-refractivity contribution in [1.82, 2.24) is 60.0 Å². The van der Waals surface area contributed by atoms with Crippen LogP contribution < -0.4 is 16.0 Å². The predicted octanol–water partition coefficient (Wildman–Crippen LogP) is 4.80. The number of hydrogen-bond donors (Lipinski definition) is 4. The van der Waals surface area contributed by atoms with Crippen LogP contribution in [0.1, 0.15) is 174 Å². The van der Waals surface area contributed by atoms with Crippen LogP contribution in [0.3, 0.4) is 0 Å². The summed E-state index contributed by atoms with van der Waals surface area (Å²) in [6, 6.07) is -7.94. The minimum absolute atomic E-state index is 0.0178. The van der Waals surface area contributed by atoms with E-state index in [0.717, 1.165) is 73.3 Å². The van der Waals surface area contributed by atoms with Gasteiger partial charge in [-0.1, -0.05) is 103 Å². The highest BCUT2D eigenvalue weighted by atomic mass is 35.5. The van der Waals surface area contributed by atoms with E-state index in [9.17, 15) is 51.8 Å². The lowest BCUT2D eigenvalue weighted by molar-refractivity contribution is -0.160. The Labute approximate surface area is 586 Å². The Morgan fingerprint density at radius 1 is 0.677 bits per heavy atom. The van der Waals surface area contributed by atoms with E-state index in [1.165, 1.54) is 84.7 Å². The van der Waals surface area contributed by atoms with E-state index >= 15 is 19.2 Å². The molecule has 24 nitrogen and oxygen atoms in total. The third-order valence-electron chi connectivity index (χ3n) is 22.0. The maximum atomic E-state index is 15.4. The van der Waals surface area contributed by atoms with E-state index in [2.05, 4.69) is 21.9 Å². The van der Waals surface area contributed by atoms with E-state index in [4.69, 9.17) is 18.0 Å². The Bertz CT molecular complexity index is 3150. The van der Waals surface area contributed by atoms with Gasteiger partial charge in [-0.25, -0.2) is 0 Å². The molecular formula is C71H106ClF3N12O12. The molecule has 1 aromatic carbocycles. The minimum atomic E-state index is -4.76. The van der Waals surface area contributed by atoms with Crippen LogP contribution >= 0.6 is 11.6 Å². The second-order valence-corrected chi connectivity index (χ2v) is 29.3. The number of carbonyl (C=O) groups is 11. The Hall–Kier alpha value is -7.05. The van der Waals surface area contributed by atoms with Crippen molar-refractivity contribution in [1.29, 1.82) is 0 Å². The topological polar surface area (TPSA) is 273 Å². The molecule has 2 saturated carbocycles. The molecule has 0 aromatic heterocycles. The third kappa shape index (κ3) is 18.6. The van der Waals surface area contributed by atoms with E-state index < -0.39 is 173 Å². The number of nitrogens with zero attached hydrogens (tertiary/aromatic N) is 9. The van der Waals surface area contributed by atoms with Crippen LogP contribution in [0.2, 0.25) is 5.02 Å². The molecule has 6 fully saturated rings. The first-order valence-electron chi connectivity index (χ1n) is 35.5. The van der Waals surface area contributed by atoms with Crippen LogP contribution in [0.5, 0.6) is 0 Å². The van der Waals surface area contributed by atoms with Crippen LogP contribution in [0, 0.1) is 30.1 Å². The number of piperidine rings is 1. The highest BCUT2D eigenvalue weighted by Crippen LogP contribution is 2.38. The number of rotatable bonds is 11. The molecule has 4 aliphatic heterocycles. The number of aliphatic hydroxyl groups excluding tert-OH is 1. The van der Waals surface area contributed by atoms with E-state index in [1.807, 2.05) is 6.92 Å². The average Bonchev–Trinajstić information content (AvgIpc) is 1.76. The molecule has 1 aromatic rings. The molecule has 2 unspecified atom stereocenters. The van der Waals surface area contributed by atoms with Gasteiger partial charge in [-0.3, -0.25) is 57.6 Å². The van der Waals surface area contributed by atoms with Crippen molar-refractivity contribution < 1.29 is 71.0 Å². The monoisotopic (exact) mass is 1410 g/mol. The summed E-state index contributed by atoms with van der Waals surface area (Å²) in [6.07, 6.45) is 7.89. The van der Waals surface area contributed by atoms with E-state index in [1.54, 1.807) is 25.7 Å². The van der Waals surface area contributed by atoms with Gasteiger partial charge < -0.3 is 60.3 Å². The second-order valence-electron chi connectivity index (χ2n) is 28.9. The number of likely N-dealkylation sites (tertiary alicyclic amines) is 1. The Kier molecular flexibility index (Phi) is 27.7. The SMILES string of the molecule is C#CC[C@H]1C(=O)N[C@@H]([C@@H](C)CC)C(=O)N(C)[C@@H](C)C(=O)N2CC[C@H]2C(=O)N(C)[C@@H](CC2CCCCC2)C(=O)N(C)CC(=O)NC(CCc2ccc(C(F)(F)F)c(Cl)c2)C(=O)N2CCC[C@H]2C(=O)NC2(CCCC2)C(=O)N(C)[C@@H](C(C)C)C(=O)N(C)[C@H](C(O)N2CCCCC2)CC(=O)N1C. The molecule has 7 rings (SSSR count). The fourth-order valence-electron chi connectivity index (χ4n) is 15.3. The Balaban J connectivity index is 1.28. The van der Waals surface area contributed by atoms with E-state index in [0.29, 0.717) is 44.3 Å². The predicted molar refractivity (Wildman–Crippen MR) is 364 cm³/mol. The van der Waals surface area contributed by atoms with Gasteiger partial charge in [0.25, 0.3) is 0 Å². The summed E-state index contributed by atoms with van der Waals surface area (Å²) in [5.74, 6) is -5.95. The number of likely N-dealkylation sites (N-methyl/N-ethyl adjacent to an activating group) is 6. The number of hydrogen-bond acceptors (Lipinski definition) is 13. The van der Waals surface area contributed by atoms with Crippen LogP contribution in [0.25, 0.3) is 0 Å². The normalized spacial score (nSPS) is 28.4. The van der Waals surface area contributed by atoms with Gasteiger partial charge in [0.05, 0.1) is 29.6 Å². The number of terminal acetylenes is 1. The second kappa shape index (κ2) is 34.5. The van der Waals surface area contributed by atoms with Crippen molar-refractivity contribution in [3.05, 3.63) is 34.3 Å². The molecule has 11 atom stereocenters. The lowest BCUT2D eigenvalue weighted by atomic mass is 9.84. The number of amides is 11.